The van der Waals surface area contributed by atoms with E-state index in [2.05, 4.69) is 0 Å². The maximum atomic E-state index is 13.9. The monoisotopic (exact) mass is 400 g/mol. The van der Waals surface area contributed by atoms with E-state index in [1.165, 1.54) is 18.2 Å². The van der Waals surface area contributed by atoms with Crippen molar-refractivity contribution in [2.75, 3.05) is 6.61 Å². The Morgan fingerprint density at radius 1 is 1.30 bits per heavy atom. The van der Waals surface area contributed by atoms with Crippen molar-refractivity contribution in [1.29, 1.82) is 0 Å². The highest BCUT2D eigenvalue weighted by atomic mass is 35.5. The molecule has 7 heteroatoms. The molecule has 1 aromatic rings. The topological polar surface area (TPSA) is 61.8 Å². The van der Waals surface area contributed by atoms with E-state index in [-0.39, 0.29) is 35.8 Å². The Bertz CT molecular complexity index is 648. The Hall–Kier alpha value is -1.66. The van der Waals surface area contributed by atoms with Crippen molar-refractivity contribution in [2.24, 2.45) is 0 Å². The average molecular weight is 401 g/mol. The van der Waals surface area contributed by atoms with E-state index in [0.717, 1.165) is 0 Å². The predicted molar refractivity (Wildman–Crippen MR) is 99.0 cm³/mol. The molecule has 0 atom stereocenters. The highest BCUT2D eigenvalue weighted by Crippen LogP contribution is 2.35. The average Bonchev–Trinajstić information content (AvgIpc) is 2.60. The van der Waals surface area contributed by atoms with Gasteiger partial charge < -0.3 is 14.2 Å². The number of halogens is 2. The van der Waals surface area contributed by atoms with Gasteiger partial charge in [0.2, 0.25) is 5.60 Å². The van der Waals surface area contributed by atoms with Crippen LogP contribution in [0.25, 0.3) is 0 Å². The van der Waals surface area contributed by atoms with Crippen LogP contribution in [-0.4, -0.2) is 36.4 Å². The minimum atomic E-state index is -1.36. The van der Waals surface area contributed by atoms with Crippen LogP contribution in [0.3, 0.4) is 0 Å². The van der Waals surface area contributed by atoms with Gasteiger partial charge in [0.1, 0.15) is 5.82 Å². The first-order chi connectivity index (χ1) is 12.8. The van der Waals surface area contributed by atoms with E-state index in [4.69, 9.17) is 25.8 Å². The number of hydrogen-bond donors (Lipinski definition) is 0. The lowest BCUT2D eigenvalue weighted by molar-refractivity contribution is -0.190. The Morgan fingerprint density at radius 3 is 2.52 bits per heavy atom. The first kappa shape index (κ1) is 21.6. The number of hydrogen-bond acceptors (Lipinski definition) is 5. The molecule has 0 saturated heterocycles. The zero-order valence-corrected chi connectivity index (χ0v) is 16.7. The van der Waals surface area contributed by atoms with Gasteiger partial charge in [-0.15, -0.1) is 0 Å². The van der Waals surface area contributed by atoms with Gasteiger partial charge in [-0.3, -0.25) is 4.79 Å². The maximum Gasteiger partial charge on any atom is 0.350 e. The molecule has 0 bridgehead atoms. The van der Waals surface area contributed by atoms with E-state index < -0.39 is 23.4 Å². The second kappa shape index (κ2) is 9.51. The fraction of sp³-hybridized carbons (Fsp3) is 0.600. The molecule has 1 aliphatic rings. The van der Waals surface area contributed by atoms with Crippen LogP contribution in [0.5, 0.6) is 0 Å². The molecule has 0 aromatic heterocycles. The molecule has 0 heterocycles. The fourth-order valence-electron chi connectivity index (χ4n) is 3.29. The third kappa shape index (κ3) is 5.66. The summed E-state index contributed by atoms with van der Waals surface area (Å²) in [6, 6.07) is 4.19. The van der Waals surface area contributed by atoms with Crippen molar-refractivity contribution in [3.63, 3.8) is 0 Å². The van der Waals surface area contributed by atoms with Crippen molar-refractivity contribution >= 4 is 23.5 Å². The van der Waals surface area contributed by atoms with Crippen molar-refractivity contribution in [3.8, 4) is 0 Å². The molecule has 0 unspecified atom stereocenters. The van der Waals surface area contributed by atoms with Crippen molar-refractivity contribution in [2.45, 2.75) is 70.7 Å². The Balaban J connectivity index is 2.11. The van der Waals surface area contributed by atoms with Crippen LogP contribution in [0.2, 0.25) is 5.02 Å². The molecule has 0 amide bonds. The summed E-state index contributed by atoms with van der Waals surface area (Å²) in [6.45, 7) is 5.78. The van der Waals surface area contributed by atoms with Gasteiger partial charge in [-0.2, -0.15) is 0 Å². The van der Waals surface area contributed by atoms with Crippen LogP contribution in [0.1, 0.15) is 52.0 Å². The van der Waals surface area contributed by atoms with Crippen LogP contribution in [0, 0.1) is 5.82 Å². The summed E-state index contributed by atoms with van der Waals surface area (Å²) in [5.74, 6) is -1.86. The van der Waals surface area contributed by atoms with Crippen molar-refractivity contribution < 1.29 is 28.2 Å². The van der Waals surface area contributed by atoms with Gasteiger partial charge in [0.25, 0.3) is 0 Å². The fourth-order valence-corrected chi connectivity index (χ4v) is 3.52. The summed E-state index contributed by atoms with van der Waals surface area (Å²) in [5.41, 5.74) is -1.30. The van der Waals surface area contributed by atoms with E-state index in [1.807, 2.05) is 13.8 Å². The molecular formula is C20H26ClFO5. The number of benzene rings is 1. The number of ether oxygens (including phenoxy) is 3. The zero-order valence-electron chi connectivity index (χ0n) is 15.9. The predicted octanol–water partition coefficient (Wildman–Crippen LogP) is 4.23. The minimum Gasteiger partial charge on any atom is -0.463 e. The van der Waals surface area contributed by atoms with Crippen molar-refractivity contribution in [1.82, 2.24) is 0 Å². The molecule has 2 rings (SSSR count). The lowest BCUT2D eigenvalue weighted by atomic mass is 9.82. The SMILES string of the molecule is CCOC(=O)C1(OC(=O)Cc2c(F)cccc2Cl)CCC(OC(C)C)CC1. The molecule has 27 heavy (non-hydrogen) atoms. The largest absolute Gasteiger partial charge is 0.463 e. The summed E-state index contributed by atoms with van der Waals surface area (Å²) in [5, 5.41) is 0.145. The highest BCUT2D eigenvalue weighted by Gasteiger charge is 2.47. The Morgan fingerprint density at radius 2 is 1.96 bits per heavy atom. The number of rotatable bonds is 7. The van der Waals surface area contributed by atoms with Gasteiger partial charge >= 0.3 is 11.9 Å². The third-order valence-electron chi connectivity index (χ3n) is 4.54. The molecule has 1 aromatic carbocycles. The number of carbonyl (C=O) groups excluding carboxylic acids is 2. The summed E-state index contributed by atoms with van der Waals surface area (Å²) >= 11 is 5.97. The number of esters is 2. The first-order valence-electron chi connectivity index (χ1n) is 9.25. The molecule has 0 radical (unpaired) electrons. The van der Waals surface area contributed by atoms with Gasteiger partial charge in [0, 0.05) is 23.4 Å². The van der Waals surface area contributed by atoms with E-state index in [9.17, 15) is 14.0 Å². The summed E-state index contributed by atoms with van der Waals surface area (Å²) in [7, 11) is 0. The molecule has 1 aliphatic carbocycles. The van der Waals surface area contributed by atoms with Crippen LogP contribution >= 0.6 is 11.6 Å². The van der Waals surface area contributed by atoms with Crippen LogP contribution < -0.4 is 0 Å². The van der Waals surface area contributed by atoms with Crippen molar-refractivity contribution in [3.05, 3.63) is 34.6 Å². The smallest absolute Gasteiger partial charge is 0.350 e. The molecule has 1 fully saturated rings. The molecule has 5 nitrogen and oxygen atoms in total. The van der Waals surface area contributed by atoms with Crippen LogP contribution in [0.15, 0.2) is 18.2 Å². The molecule has 0 N–H and O–H groups in total. The Kier molecular flexibility index (Phi) is 7.62. The van der Waals surface area contributed by atoms with E-state index in [1.54, 1.807) is 6.92 Å². The van der Waals surface area contributed by atoms with E-state index in [0.29, 0.717) is 25.7 Å². The highest BCUT2D eigenvalue weighted by molar-refractivity contribution is 6.31. The maximum absolute atomic E-state index is 13.9. The van der Waals surface area contributed by atoms with Gasteiger partial charge in [0.05, 0.1) is 25.2 Å². The molecule has 0 spiro atoms. The molecule has 150 valence electrons. The molecular weight excluding hydrogens is 375 g/mol. The Labute approximate surface area is 164 Å². The summed E-state index contributed by atoms with van der Waals surface area (Å²) in [6.07, 6.45) is 1.50. The quantitative estimate of drug-likeness (QED) is 0.641. The van der Waals surface area contributed by atoms with Crippen LogP contribution in [0.4, 0.5) is 4.39 Å². The molecule has 1 saturated carbocycles. The van der Waals surface area contributed by atoms with Crippen LogP contribution in [-0.2, 0) is 30.2 Å². The van der Waals surface area contributed by atoms with Gasteiger partial charge in [-0.1, -0.05) is 17.7 Å². The second-order valence-corrected chi connectivity index (χ2v) is 7.36. The van der Waals surface area contributed by atoms with E-state index >= 15 is 0 Å². The summed E-state index contributed by atoms with van der Waals surface area (Å²) in [4.78, 5) is 25.0. The number of carbonyl (C=O) groups is 2. The third-order valence-corrected chi connectivity index (χ3v) is 4.90. The minimum absolute atomic E-state index is 0.00673. The van der Waals surface area contributed by atoms with Gasteiger partial charge in [-0.25, -0.2) is 9.18 Å². The lowest BCUT2D eigenvalue weighted by Gasteiger charge is -2.37. The normalized spacial score (nSPS) is 22.5. The standard InChI is InChI=1S/C20H26ClFO5/c1-4-25-19(24)20(10-8-14(9-11-20)26-13(2)3)27-18(23)12-15-16(21)6-5-7-17(15)22/h5-7,13-14H,4,8-12H2,1-3H3. The zero-order chi connectivity index (χ0) is 20.0. The molecule has 0 aliphatic heterocycles. The first-order valence-corrected chi connectivity index (χ1v) is 9.62. The van der Waals surface area contributed by atoms with Gasteiger partial charge in [0.15, 0.2) is 0 Å². The second-order valence-electron chi connectivity index (χ2n) is 6.95. The summed E-state index contributed by atoms with van der Waals surface area (Å²) < 4.78 is 30.4. The van der Waals surface area contributed by atoms with Gasteiger partial charge in [-0.05, 0) is 45.7 Å². The lowest BCUT2D eigenvalue weighted by Crippen LogP contribution is -2.49.